The fraction of sp³-hybridized carbons (Fsp3) is 0.868. The molecule has 0 aliphatic carbocycles. The lowest BCUT2D eigenvalue weighted by molar-refractivity contribution is -0.359. The number of hydrogen-bond acceptors (Lipinski definition) is 13. The minimum Gasteiger partial charge on any atom is -0.394 e. The summed E-state index contributed by atoms with van der Waals surface area (Å²) < 4.78 is 22.8. The molecule has 14 heteroatoms. The average molecular weight is 1160 g/mol. The van der Waals surface area contributed by atoms with Crippen molar-refractivity contribution in [1.82, 2.24) is 5.32 Å². The number of carbonyl (C=O) groups excluding carboxylic acids is 1. The molecule has 2 fully saturated rings. The smallest absolute Gasteiger partial charge is 0.220 e. The Morgan fingerprint density at radius 3 is 1.23 bits per heavy atom. The highest BCUT2D eigenvalue weighted by molar-refractivity contribution is 5.76. The Hall–Kier alpha value is -2.05. The van der Waals surface area contributed by atoms with Gasteiger partial charge in [0.05, 0.1) is 32.0 Å². The third-order valence-electron chi connectivity index (χ3n) is 16.5. The number of aliphatic hydroxyl groups excluding tert-OH is 8. The van der Waals surface area contributed by atoms with Gasteiger partial charge in [0.2, 0.25) is 5.91 Å². The lowest BCUT2D eigenvalue weighted by Gasteiger charge is -2.46. The summed E-state index contributed by atoms with van der Waals surface area (Å²) in [6.07, 6.45) is 51.6. The quantitative estimate of drug-likeness (QED) is 0.0204. The lowest BCUT2D eigenvalue weighted by atomic mass is 9.97. The molecule has 9 N–H and O–H groups in total. The normalized spacial score (nSPS) is 24.2. The summed E-state index contributed by atoms with van der Waals surface area (Å²) in [5.41, 5.74) is 0. The van der Waals surface area contributed by atoms with Crippen LogP contribution < -0.4 is 5.32 Å². The molecule has 2 heterocycles. The largest absolute Gasteiger partial charge is 0.394 e. The number of carbonyl (C=O) groups is 1. The zero-order valence-electron chi connectivity index (χ0n) is 52.0. The topological polar surface area (TPSA) is 228 Å². The molecular formula is C68H125NO13. The molecule has 14 nitrogen and oxygen atoms in total. The Morgan fingerprint density at radius 1 is 0.439 bits per heavy atom. The van der Waals surface area contributed by atoms with Gasteiger partial charge in [-0.15, -0.1) is 0 Å². The number of nitrogens with one attached hydrogen (secondary N) is 1. The second kappa shape index (κ2) is 53.2. The third kappa shape index (κ3) is 37.5. The van der Waals surface area contributed by atoms with E-state index < -0.39 is 86.8 Å². The van der Waals surface area contributed by atoms with Crippen LogP contribution in [-0.4, -0.2) is 140 Å². The maximum Gasteiger partial charge on any atom is 0.220 e. The maximum atomic E-state index is 13.3. The van der Waals surface area contributed by atoms with E-state index in [4.69, 9.17) is 18.9 Å². The highest BCUT2D eigenvalue weighted by atomic mass is 16.7. The Bertz CT molecular complexity index is 1560. The summed E-state index contributed by atoms with van der Waals surface area (Å²) in [5.74, 6) is -0.237. The third-order valence-corrected chi connectivity index (χ3v) is 16.5. The SMILES string of the molecule is CCCCCCC/C=C\C/C=C\C/C=C\CCCCCCCCCCCCCCCCCCC(=O)NC(COC1OC(CO)C(OC2OC(CO)C(O)C(O)C2O)C(O)C1O)C(O)/C=C/CCCCCCCCCCCCCCCCC. The Labute approximate surface area is 499 Å². The molecule has 12 atom stereocenters. The van der Waals surface area contributed by atoms with Crippen LogP contribution in [0.4, 0.5) is 0 Å². The van der Waals surface area contributed by atoms with Crippen LogP contribution in [-0.2, 0) is 23.7 Å². The predicted octanol–water partition coefficient (Wildman–Crippen LogP) is 13.1. The van der Waals surface area contributed by atoms with E-state index in [1.54, 1.807) is 6.08 Å². The highest BCUT2D eigenvalue weighted by Crippen LogP contribution is 2.30. The van der Waals surface area contributed by atoms with Crippen molar-refractivity contribution in [3.8, 4) is 0 Å². The number of rotatable bonds is 55. The molecule has 0 aromatic heterocycles. The molecule has 2 rings (SSSR count). The molecule has 12 unspecified atom stereocenters. The van der Waals surface area contributed by atoms with Gasteiger partial charge < -0.3 is 65.1 Å². The average Bonchev–Trinajstić information content (AvgIpc) is 3.52. The first kappa shape index (κ1) is 76.0. The molecule has 0 aromatic rings. The summed E-state index contributed by atoms with van der Waals surface area (Å²) >= 11 is 0. The van der Waals surface area contributed by atoms with Crippen molar-refractivity contribution in [1.29, 1.82) is 0 Å². The fourth-order valence-corrected chi connectivity index (χ4v) is 11.1. The van der Waals surface area contributed by atoms with Gasteiger partial charge >= 0.3 is 0 Å². The van der Waals surface area contributed by atoms with Crippen molar-refractivity contribution < 1.29 is 64.6 Å². The van der Waals surface area contributed by atoms with E-state index in [1.807, 2.05) is 6.08 Å². The zero-order valence-corrected chi connectivity index (χ0v) is 52.0. The van der Waals surface area contributed by atoms with Crippen molar-refractivity contribution in [3.05, 3.63) is 48.6 Å². The van der Waals surface area contributed by atoms with Gasteiger partial charge in [0.25, 0.3) is 0 Å². The first-order valence-corrected chi connectivity index (χ1v) is 33.9. The van der Waals surface area contributed by atoms with Crippen LogP contribution in [0, 0.1) is 0 Å². The summed E-state index contributed by atoms with van der Waals surface area (Å²) in [4.78, 5) is 13.3. The molecular weight excluding hydrogens is 1040 g/mol. The minimum atomic E-state index is -1.79. The van der Waals surface area contributed by atoms with Gasteiger partial charge in [-0.3, -0.25) is 4.79 Å². The van der Waals surface area contributed by atoms with Crippen molar-refractivity contribution in [2.75, 3.05) is 19.8 Å². The van der Waals surface area contributed by atoms with Crippen LogP contribution in [0.1, 0.15) is 284 Å². The van der Waals surface area contributed by atoms with Crippen LogP contribution in [0.15, 0.2) is 48.6 Å². The monoisotopic (exact) mass is 1160 g/mol. The molecule has 0 aromatic carbocycles. The van der Waals surface area contributed by atoms with E-state index in [1.165, 1.54) is 205 Å². The van der Waals surface area contributed by atoms with Gasteiger partial charge in [-0.2, -0.15) is 0 Å². The van der Waals surface area contributed by atoms with Gasteiger partial charge in [0.1, 0.15) is 48.8 Å². The van der Waals surface area contributed by atoms with E-state index in [0.29, 0.717) is 6.42 Å². The number of allylic oxidation sites excluding steroid dienone is 7. The van der Waals surface area contributed by atoms with Crippen molar-refractivity contribution in [2.45, 2.75) is 357 Å². The number of aliphatic hydroxyl groups is 8. The van der Waals surface area contributed by atoms with Crippen LogP contribution in [0.2, 0.25) is 0 Å². The second-order valence-electron chi connectivity index (χ2n) is 24.0. The molecule has 480 valence electrons. The first-order valence-electron chi connectivity index (χ1n) is 33.9. The van der Waals surface area contributed by atoms with Crippen LogP contribution in [0.5, 0.6) is 0 Å². The van der Waals surface area contributed by atoms with Crippen LogP contribution in [0.3, 0.4) is 0 Å². The van der Waals surface area contributed by atoms with Crippen LogP contribution >= 0.6 is 0 Å². The van der Waals surface area contributed by atoms with Gasteiger partial charge in [-0.1, -0.05) is 268 Å². The summed E-state index contributed by atoms with van der Waals surface area (Å²) in [6, 6.07) is -0.915. The molecule has 0 radical (unpaired) electrons. The molecule has 82 heavy (non-hydrogen) atoms. The number of hydrogen-bond donors (Lipinski definition) is 9. The minimum absolute atomic E-state index is 0.237. The Kier molecular flexibility index (Phi) is 49.3. The summed E-state index contributed by atoms with van der Waals surface area (Å²) in [6.45, 7) is 2.81. The molecule has 0 saturated carbocycles. The number of ether oxygens (including phenoxy) is 4. The Balaban J connectivity index is 1.66. The number of unbranched alkanes of at least 4 members (excludes halogenated alkanes) is 36. The van der Waals surface area contributed by atoms with Gasteiger partial charge in [0, 0.05) is 6.42 Å². The second-order valence-corrected chi connectivity index (χ2v) is 24.0. The predicted molar refractivity (Wildman–Crippen MR) is 332 cm³/mol. The van der Waals surface area contributed by atoms with Crippen molar-refractivity contribution in [2.24, 2.45) is 0 Å². The van der Waals surface area contributed by atoms with E-state index in [0.717, 1.165) is 51.4 Å². The van der Waals surface area contributed by atoms with E-state index in [9.17, 15) is 45.6 Å². The lowest BCUT2D eigenvalue weighted by Crippen LogP contribution is -2.65. The highest BCUT2D eigenvalue weighted by Gasteiger charge is 2.51. The molecule has 0 bridgehead atoms. The summed E-state index contributed by atoms with van der Waals surface area (Å²) in [7, 11) is 0. The zero-order chi connectivity index (χ0) is 59.5. The van der Waals surface area contributed by atoms with E-state index in [-0.39, 0.29) is 18.9 Å². The van der Waals surface area contributed by atoms with Crippen molar-refractivity contribution >= 4 is 5.91 Å². The Morgan fingerprint density at radius 2 is 0.805 bits per heavy atom. The fourth-order valence-electron chi connectivity index (χ4n) is 11.1. The van der Waals surface area contributed by atoms with Crippen molar-refractivity contribution in [3.63, 3.8) is 0 Å². The van der Waals surface area contributed by atoms with Crippen LogP contribution in [0.25, 0.3) is 0 Å². The van der Waals surface area contributed by atoms with E-state index >= 15 is 0 Å². The maximum absolute atomic E-state index is 13.3. The van der Waals surface area contributed by atoms with Gasteiger partial charge in [0.15, 0.2) is 12.6 Å². The molecule has 1 amide bonds. The van der Waals surface area contributed by atoms with Gasteiger partial charge in [-0.25, -0.2) is 0 Å². The molecule has 2 saturated heterocycles. The molecule has 2 aliphatic rings. The number of amides is 1. The summed E-state index contributed by atoms with van der Waals surface area (Å²) in [5, 5.41) is 87.3. The first-order chi connectivity index (χ1) is 40.1. The van der Waals surface area contributed by atoms with E-state index in [2.05, 4.69) is 55.6 Å². The van der Waals surface area contributed by atoms with Gasteiger partial charge in [-0.05, 0) is 57.8 Å². The molecule has 0 spiro atoms. The standard InChI is InChI=1S/C68H125NO13/c1-3-5-7-9-11-13-15-17-19-21-22-23-24-25-26-27-28-29-30-31-32-33-34-36-38-40-42-44-46-48-50-52-60(73)69-56(57(72)51-49-47-45-43-41-39-37-35-20-18-16-14-12-10-8-6-4-2)55-79-67-65(78)63(76)66(59(54-71)81-67)82-68-64(77)62(75)61(74)58(53-70)80-68/h15,17,21-22,24-25,49,51,56-59,61-68,70-72,74-78H,3-14,16,18-20,23,26-48,50,52-55H2,1-2H3,(H,69,73)/b17-15-,22-21-,25-24-,51-49+. The molecule has 2 aliphatic heterocycles.